The molecule has 2 fully saturated rings. The Morgan fingerprint density at radius 2 is 1.82 bits per heavy atom. The third kappa shape index (κ3) is 3.11. The molecule has 1 aromatic carbocycles. The normalized spacial score (nSPS) is 22.2. The van der Waals surface area contributed by atoms with E-state index in [9.17, 15) is 14.7 Å². The van der Waals surface area contributed by atoms with E-state index in [4.69, 9.17) is 0 Å². The van der Waals surface area contributed by atoms with Crippen molar-refractivity contribution >= 4 is 17.4 Å². The summed E-state index contributed by atoms with van der Waals surface area (Å²) in [4.78, 5) is 32.0. The maximum Gasteiger partial charge on any atom is 0.295 e. The largest absolute Gasteiger partial charge is 0.507 e. The molecule has 1 saturated carbocycles. The molecule has 0 radical (unpaired) electrons. The lowest BCUT2D eigenvalue weighted by molar-refractivity contribution is -0.141. The number of aryl methyl sites for hydroxylation is 1. The topological polar surface area (TPSA) is 70.5 Å². The summed E-state index contributed by atoms with van der Waals surface area (Å²) in [6.07, 6.45) is 6.38. The van der Waals surface area contributed by atoms with Crippen molar-refractivity contribution in [3.63, 3.8) is 0 Å². The van der Waals surface area contributed by atoms with Crippen molar-refractivity contribution in [3.05, 3.63) is 71.1 Å². The van der Waals surface area contributed by atoms with Crippen molar-refractivity contribution < 1.29 is 14.7 Å². The molecule has 1 aromatic heterocycles. The quantitative estimate of drug-likeness (QED) is 0.497. The summed E-state index contributed by atoms with van der Waals surface area (Å²) in [5.41, 5.74) is 2.44. The first-order valence-electron chi connectivity index (χ1n) is 9.92. The predicted molar refractivity (Wildman–Crippen MR) is 106 cm³/mol. The van der Waals surface area contributed by atoms with Gasteiger partial charge in [0.2, 0.25) is 0 Å². The fraction of sp³-hybridized carbons (Fsp3) is 0.348. The van der Waals surface area contributed by atoms with Crippen molar-refractivity contribution in [2.45, 2.75) is 51.1 Å². The number of aliphatic hydroxyl groups is 1. The van der Waals surface area contributed by atoms with Crippen LogP contribution in [0, 0.1) is 0 Å². The molecule has 5 heteroatoms. The second-order valence-corrected chi connectivity index (χ2v) is 7.45. The Hall–Kier alpha value is -2.95. The van der Waals surface area contributed by atoms with Gasteiger partial charge in [-0.3, -0.25) is 14.6 Å². The monoisotopic (exact) mass is 376 g/mol. The number of hydrogen-bond donors (Lipinski definition) is 1. The lowest BCUT2D eigenvalue weighted by Gasteiger charge is -2.30. The van der Waals surface area contributed by atoms with E-state index >= 15 is 0 Å². The molecule has 1 aliphatic heterocycles. The van der Waals surface area contributed by atoms with E-state index in [2.05, 4.69) is 11.9 Å². The molecule has 0 spiro atoms. The minimum Gasteiger partial charge on any atom is -0.507 e. The van der Waals surface area contributed by atoms with Gasteiger partial charge in [0, 0.05) is 17.8 Å². The zero-order valence-electron chi connectivity index (χ0n) is 16.0. The van der Waals surface area contributed by atoms with Gasteiger partial charge in [-0.1, -0.05) is 50.1 Å². The van der Waals surface area contributed by atoms with E-state index in [1.54, 1.807) is 29.3 Å². The van der Waals surface area contributed by atoms with Gasteiger partial charge in [0.25, 0.3) is 11.7 Å². The molecule has 2 heterocycles. The lowest BCUT2D eigenvalue weighted by atomic mass is 9.97. The number of rotatable bonds is 4. The van der Waals surface area contributed by atoms with Gasteiger partial charge in [-0.05, 0) is 37.0 Å². The Morgan fingerprint density at radius 1 is 1.11 bits per heavy atom. The Kier molecular flexibility index (Phi) is 4.99. The first-order valence-corrected chi connectivity index (χ1v) is 9.92. The van der Waals surface area contributed by atoms with E-state index in [1.165, 1.54) is 0 Å². The van der Waals surface area contributed by atoms with Crippen LogP contribution in [0.4, 0.5) is 0 Å². The third-order valence-corrected chi connectivity index (χ3v) is 5.80. The number of ketones is 1. The van der Waals surface area contributed by atoms with Gasteiger partial charge >= 0.3 is 0 Å². The van der Waals surface area contributed by atoms with Crippen molar-refractivity contribution in [1.82, 2.24) is 9.88 Å². The van der Waals surface area contributed by atoms with E-state index in [1.807, 2.05) is 24.3 Å². The number of nitrogens with zero attached hydrogens (tertiary/aromatic N) is 2. The summed E-state index contributed by atoms with van der Waals surface area (Å²) < 4.78 is 0. The number of carbonyl (C=O) groups excluding carboxylic acids is 2. The van der Waals surface area contributed by atoms with Crippen LogP contribution in [0.15, 0.2) is 54.2 Å². The first kappa shape index (κ1) is 18.4. The van der Waals surface area contributed by atoms with E-state index in [0.717, 1.165) is 37.7 Å². The third-order valence-electron chi connectivity index (χ3n) is 5.80. The molecule has 1 saturated heterocycles. The van der Waals surface area contributed by atoms with Gasteiger partial charge in [0.05, 0.1) is 11.3 Å². The molecule has 1 unspecified atom stereocenters. The second-order valence-electron chi connectivity index (χ2n) is 7.45. The minimum absolute atomic E-state index is 0.0104. The number of pyridine rings is 1. The van der Waals surface area contributed by atoms with E-state index in [-0.39, 0.29) is 17.4 Å². The molecule has 0 bridgehead atoms. The van der Waals surface area contributed by atoms with Crippen LogP contribution in [0.5, 0.6) is 0 Å². The summed E-state index contributed by atoms with van der Waals surface area (Å²) in [5.74, 6) is -1.29. The van der Waals surface area contributed by atoms with Crippen molar-refractivity contribution in [1.29, 1.82) is 0 Å². The zero-order chi connectivity index (χ0) is 19.7. The molecule has 1 atom stereocenters. The van der Waals surface area contributed by atoms with Crippen molar-refractivity contribution in [3.8, 4) is 0 Å². The molecule has 1 amide bonds. The van der Waals surface area contributed by atoms with E-state index < -0.39 is 17.7 Å². The maximum absolute atomic E-state index is 13.0. The number of hydrogen-bond acceptors (Lipinski definition) is 4. The number of Topliss-reactive ketones (excluding diaryl/α,β-unsaturated/α-hetero) is 1. The predicted octanol–water partition coefficient (Wildman–Crippen LogP) is 4.01. The SMILES string of the molecule is CCc1ccc(/C(O)=C2/C(=O)C(=O)N(C3CCCC3)C2c2ccccn2)cc1. The first-order chi connectivity index (χ1) is 13.6. The number of carbonyl (C=O) groups is 2. The van der Waals surface area contributed by atoms with Crippen LogP contribution in [0.2, 0.25) is 0 Å². The number of aromatic nitrogens is 1. The molecule has 4 rings (SSSR count). The summed E-state index contributed by atoms with van der Waals surface area (Å²) >= 11 is 0. The van der Waals surface area contributed by atoms with Gasteiger partial charge in [-0.15, -0.1) is 0 Å². The molecule has 1 aliphatic carbocycles. The maximum atomic E-state index is 13.0. The standard InChI is InChI=1S/C23H24N2O3/c1-2-15-10-12-16(13-11-15)21(26)19-20(18-9-5-6-14-24-18)25(23(28)22(19)27)17-7-3-4-8-17/h5-6,9-14,17,20,26H,2-4,7-8H2,1H3/b21-19-. The highest BCUT2D eigenvalue weighted by Gasteiger charge is 2.49. The Balaban J connectivity index is 1.85. The highest BCUT2D eigenvalue weighted by Crippen LogP contribution is 2.42. The molecule has 1 N–H and O–H groups in total. The number of amides is 1. The fourth-order valence-electron chi connectivity index (χ4n) is 4.29. The van der Waals surface area contributed by atoms with Crippen molar-refractivity contribution in [2.24, 2.45) is 0 Å². The summed E-state index contributed by atoms with van der Waals surface area (Å²) in [6.45, 7) is 2.06. The van der Waals surface area contributed by atoms with Crippen LogP contribution < -0.4 is 0 Å². The zero-order valence-corrected chi connectivity index (χ0v) is 16.0. The number of aliphatic hydroxyl groups excluding tert-OH is 1. The number of likely N-dealkylation sites (tertiary alicyclic amines) is 1. The summed E-state index contributed by atoms with van der Waals surface area (Å²) in [6, 6.07) is 12.3. The minimum atomic E-state index is -0.643. The van der Waals surface area contributed by atoms with Crippen LogP contribution >= 0.6 is 0 Å². The molecular weight excluding hydrogens is 352 g/mol. The van der Waals surface area contributed by atoms with Gasteiger partial charge in [-0.25, -0.2) is 0 Å². The van der Waals surface area contributed by atoms with Crippen LogP contribution in [0.1, 0.15) is 55.5 Å². The highest BCUT2D eigenvalue weighted by atomic mass is 16.3. The Morgan fingerprint density at radius 3 is 2.43 bits per heavy atom. The van der Waals surface area contributed by atoms with Gasteiger partial charge in [0.15, 0.2) is 0 Å². The van der Waals surface area contributed by atoms with Crippen LogP contribution in [0.25, 0.3) is 5.76 Å². The summed E-state index contributed by atoms with van der Waals surface area (Å²) in [5, 5.41) is 11.0. The van der Waals surface area contributed by atoms with Crippen molar-refractivity contribution in [2.75, 3.05) is 0 Å². The smallest absolute Gasteiger partial charge is 0.295 e. The lowest BCUT2D eigenvalue weighted by Crippen LogP contribution is -2.37. The molecule has 5 nitrogen and oxygen atoms in total. The van der Waals surface area contributed by atoms with Crippen LogP contribution in [-0.4, -0.2) is 32.7 Å². The molecule has 144 valence electrons. The Bertz CT molecular complexity index is 913. The summed E-state index contributed by atoms with van der Waals surface area (Å²) in [7, 11) is 0. The number of benzene rings is 1. The van der Waals surface area contributed by atoms with Gasteiger partial charge < -0.3 is 10.0 Å². The Labute approximate surface area is 164 Å². The fourth-order valence-corrected chi connectivity index (χ4v) is 4.29. The van der Waals surface area contributed by atoms with Gasteiger partial charge in [0.1, 0.15) is 11.8 Å². The van der Waals surface area contributed by atoms with Gasteiger partial charge in [-0.2, -0.15) is 0 Å². The molecule has 2 aromatic rings. The second kappa shape index (κ2) is 7.58. The average molecular weight is 376 g/mol. The van der Waals surface area contributed by atoms with Crippen LogP contribution in [0.3, 0.4) is 0 Å². The molecule has 2 aliphatic rings. The van der Waals surface area contributed by atoms with Crippen LogP contribution in [-0.2, 0) is 16.0 Å². The van der Waals surface area contributed by atoms with E-state index in [0.29, 0.717) is 11.3 Å². The highest BCUT2D eigenvalue weighted by molar-refractivity contribution is 6.46. The molecular formula is C23H24N2O3. The average Bonchev–Trinajstić information content (AvgIpc) is 3.35. The molecule has 28 heavy (non-hydrogen) atoms.